The van der Waals surface area contributed by atoms with Gasteiger partial charge in [0.2, 0.25) is 0 Å². The lowest BCUT2D eigenvalue weighted by atomic mass is 10.2. The van der Waals surface area contributed by atoms with E-state index in [2.05, 4.69) is 39.6 Å². The molecule has 1 saturated carbocycles. The van der Waals surface area contributed by atoms with Gasteiger partial charge in [0.1, 0.15) is 12.4 Å². The first-order valence-electron chi connectivity index (χ1n) is 9.74. The highest BCUT2D eigenvalue weighted by Gasteiger charge is 2.38. The minimum Gasteiger partial charge on any atom is -0.356 e. The SMILES string of the molecule is CCCCNC(=NCc1nnc(C)n1C)NC1CC(C)N(C2CC2)C1. The molecule has 1 aromatic heterocycles. The largest absolute Gasteiger partial charge is 0.356 e. The van der Waals surface area contributed by atoms with Crippen LogP contribution in [-0.2, 0) is 13.6 Å². The molecule has 1 aromatic rings. The van der Waals surface area contributed by atoms with E-state index in [4.69, 9.17) is 4.99 Å². The van der Waals surface area contributed by atoms with Crippen LogP contribution >= 0.6 is 0 Å². The Balaban J connectivity index is 1.60. The summed E-state index contributed by atoms with van der Waals surface area (Å²) in [6, 6.07) is 1.98. The molecule has 0 amide bonds. The maximum atomic E-state index is 4.77. The zero-order valence-electron chi connectivity index (χ0n) is 16.1. The van der Waals surface area contributed by atoms with E-state index < -0.39 is 0 Å². The van der Waals surface area contributed by atoms with Crippen molar-refractivity contribution in [3.63, 3.8) is 0 Å². The summed E-state index contributed by atoms with van der Waals surface area (Å²) in [6.45, 7) is 9.15. The first-order chi connectivity index (χ1) is 12.1. The van der Waals surface area contributed by atoms with Crippen molar-refractivity contribution in [2.24, 2.45) is 12.0 Å². The number of hydrogen-bond acceptors (Lipinski definition) is 4. The molecule has 0 spiro atoms. The molecule has 25 heavy (non-hydrogen) atoms. The number of likely N-dealkylation sites (tertiary alicyclic amines) is 1. The molecule has 2 heterocycles. The Hall–Kier alpha value is -1.63. The van der Waals surface area contributed by atoms with Crippen LogP contribution in [0.3, 0.4) is 0 Å². The van der Waals surface area contributed by atoms with Crippen LogP contribution in [-0.4, -0.2) is 56.8 Å². The van der Waals surface area contributed by atoms with Gasteiger partial charge < -0.3 is 15.2 Å². The molecule has 0 radical (unpaired) electrons. The Kier molecular flexibility index (Phi) is 5.93. The summed E-state index contributed by atoms with van der Waals surface area (Å²) >= 11 is 0. The number of guanidine groups is 1. The molecule has 1 aliphatic carbocycles. The van der Waals surface area contributed by atoms with E-state index in [0.29, 0.717) is 18.6 Å². The van der Waals surface area contributed by atoms with E-state index in [1.807, 2.05) is 18.5 Å². The van der Waals surface area contributed by atoms with E-state index in [0.717, 1.165) is 43.2 Å². The summed E-state index contributed by atoms with van der Waals surface area (Å²) in [5, 5.41) is 15.5. The van der Waals surface area contributed by atoms with Gasteiger partial charge in [-0.15, -0.1) is 10.2 Å². The topological polar surface area (TPSA) is 70.4 Å². The number of unbranched alkanes of at least 4 members (excludes halogenated alkanes) is 1. The lowest BCUT2D eigenvalue weighted by molar-refractivity contribution is 0.256. The van der Waals surface area contributed by atoms with Gasteiger partial charge >= 0.3 is 0 Å². The van der Waals surface area contributed by atoms with Crippen LogP contribution < -0.4 is 10.6 Å². The van der Waals surface area contributed by atoms with Gasteiger partial charge in [-0.05, 0) is 39.5 Å². The van der Waals surface area contributed by atoms with Crippen molar-refractivity contribution in [1.29, 1.82) is 0 Å². The van der Waals surface area contributed by atoms with E-state index in [1.165, 1.54) is 25.7 Å². The fraction of sp³-hybridized carbons (Fsp3) is 0.833. The van der Waals surface area contributed by atoms with E-state index in [9.17, 15) is 0 Å². The summed E-state index contributed by atoms with van der Waals surface area (Å²) in [6.07, 6.45) is 6.27. The van der Waals surface area contributed by atoms with Crippen LogP contribution in [0.15, 0.2) is 4.99 Å². The standard InChI is InChI=1S/C18H33N7/c1-5-6-9-19-18(20-11-17-23-22-14(3)24(17)4)21-15-10-13(2)25(12-15)16-7-8-16/h13,15-16H,5-12H2,1-4H3,(H2,19,20,21). The number of nitrogens with zero attached hydrogens (tertiary/aromatic N) is 5. The summed E-state index contributed by atoms with van der Waals surface area (Å²) in [5.74, 6) is 2.72. The maximum absolute atomic E-state index is 4.77. The number of nitrogens with one attached hydrogen (secondary N) is 2. The number of aliphatic imine (C=N–C) groups is 1. The van der Waals surface area contributed by atoms with Gasteiger partial charge in [0.25, 0.3) is 0 Å². The lowest BCUT2D eigenvalue weighted by Crippen LogP contribution is -2.45. The first kappa shape index (κ1) is 18.2. The minimum atomic E-state index is 0.477. The Labute approximate surface area is 151 Å². The second-order valence-electron chi connectivity index (χ2n) is 7.52. The van der Waals surface area contributed by atoms with Crippen LogP contribution in [0.2, 0.25) is 0 Å². The summed E-state index contributed by atoms with van der Waals surface area (Å²) < 4.78 is 2.00. The average Bonchev–Trinajstić information content (AvgIpc) is 3.30. The van der Waals surface area contributed by atoms with Crippen LogP contribution in [0.1, 0.15) is 57.6 Å². The molecule has 2 atom stereocenters. The van der Waals surface area contributed by atoms with Gasteiger partial charge in [-0.3, -0.25) is 4.90 Å². The predicted molar refractivity (Wildman–Crippen MR) is 101 cm³/mol. The molecule has 2 aliphatic rings. The second-order valence-corrected chi connectivity index (χ2v) is 7.52. The zero-order valence-corrected chi connectivity index (χ0v) is 16.1. The smallest absolute Gasteiger partial charge is 0.191 e. The van der Waals surface area contributed by atoms with E-state index >= 15 is 0 Å². The van der Waals surface area contributed by atoms with E-state index in [1.54, 1.807) is 0 Å². The van der Waals surface area contributed by atoms with Crippen molar-refractivity contribution < 1.29 is 0 Å². The van der Waals surface area contributed by atoms with Crippen LogP contribution in [0.25, 0.3) is 0 Å². The molecule has 2 fully saturated rings. The van der Waals surface area contributed by atoms with Gasteiger partial charge in [0.15, 0.2) is 11.8 Å². The number of hydrogen-bond donors (Lipinski definition) is 2. The summed E-state index contributed by atoms with van der Waals surface area (Å²) in [4.78, 5) is 7.43. The number of aromatic nitrogens is 3. The van der Waals surface area contributed by atoms with Crippen molar-refractivity contribution in [3.05, 3.63) is 11.6 Å². The monoisotopic (exact) mass is 347 g/mol. The molecular weight excluding hydrogens is 314 g/mol. The van der Waals surface area contributed by atoms with Gasteiger partial charge in [0, 0.05) is 38.3 Å². The van der Waals surface area contributed by atoms with Gasteiger partial charge in [0.05, 0.1) is 0 Å². The Morgan fingerprint density at radius 1 is 1.32 bits per heavy atom. The molecular formula is C18H33N7. The highest BCUT2D eigenvalue weighted by atomic mass is 15.3. The third kappa shape index (κ3) is 4.71. The highest BCUT2D eigenvalue weighted by Crippen LogP contribution is 2.33. The molecule has 2 N–H and O–H groups in total. The fourth-order valence-corrected chi connectivity index (χ4v) is 3.54. The molecule has 0 bridgehead atoms. The molecule has 1 aliphatic heterocycles. The Morgan fingerprint density at radius 3 is 2.76 bits per heavy atom. The van der Waals surface area contributed by atoms with Crippen molar-refractivity contribution in [3.8, 4) is 0 Å². The third-order valence-corrected chi connectivity index (χ3v) is 5.36. The molecule has 7 heteroatoms. The molecule has 140 valence electrons. The number of rotatable bonds is 7. The van der Waals surface area contributed by atoms with Crippen molar-refractivity contribution in [2.75, 3.05) is 13.1 Å². The molecule has 0 aromatic carbocycles. The second kappa shape index (κ2) is 8.17. The van der Waals surface area contributed by atoms with E-state index in [-0.39, 0.29) is 0 Å². The fourth-order valence-electron chi connectivity index (χ4n) is 3.54. The molecule has 7 nitrogen and oxygen atoms in total. The highest BCUT2D eigenvalue weighted by molar-refractivity contribution is 5.80. The van der Waals surface area contributed by atoms with Crippen molar-refractivity contribution in [1.82, 2.24) is 30.3 Å². The van der Waals surface area contributed by atoms with Gasteiger partial charge in [-0.2, -0.15) is 0 Å². The predicted octanol–water partition coefficient (Wildman–Crippen LogP) is 1.58. The maximum Gasteiger partial charge on any atom is 0.191 e. The zero-order chi connectivity index (χ0) is 17.8. The molecule has 2 unspecified atom stereocenters. The summed E-state index contributed by atoms with van der Waals surface area (Å²) in [7, 11) is 1.99. The first-order valence-corrected chi connectivity index (χ1v) is 9.74. The minimum absolute atomic E-state index is 0.477. The van der Waals surface area contributed by atoms with Crippen LogP contribution in [0.4, 0.5) is 0 Å². The molecule has 1 saturated heterocycles. The van der Waals surface area contributed by atoms with Crippen molar-refractivity contribution >= 4 is 5.96 Å². The van der Waals surface area contributed by atoms with Gasteiger partial charge in [-0.25, -0.2) is 4.99 Å². The van der Waals surface area contributed by atoms with Crippen LogP contribution in [0.5, 0.6) is 0 Å². The average molecular weight is 348 g/mol. The number of aryl methyl sites for hydroxylation is 1. The lowest BCUT2D eigenvalue weighted by Gasteiger charge is -2.20. The normalized spacial score (nSPS) is 24.7. The Bertz CT molecular complexity index is 590. The summed E-state index contributed by atoms with van der Waals surface area (Å²) in [5.41, 5.74) is 0. The van der Waals surface area contributed by atoms with Crippen molar-refractivity contribution in [2.45, 2.75) is 77.5 Å². The Morgan fingerprint density at radius 2 is 2.12 bits per heavy atom. The third-order valence-electron chi connectivity index (χ3n) is 5.36. The van der Waals surface area contributed by atoms with Gasteiger partial charge in [-0.1, -0.05) is 13.3 Å². The van der Waals surface area contributed by atoms with Crippen LogP contribution in [0, 0.1) is 6.92 Å². The molecule has 3 rings (SSSR count). The quantitative estimate of drug-likeness (QED) is 0.445.